The average molecular weight is 271 g/mol. The van der Waals surface area contributed by atoms with Crippen LogP contribution in [-0.4, -0.2) is 0 Å². The molecule has 1 aromatic carbocycles. The molecule has 0 radical (unpaired) electrons. The minimum atomic E-state index is 0.255. The van der Waals surface area contributed by atoms with Crippen molar-refractivity contribution in [2.75, 3.05) is 0 Å². The first-order valence-electron chi connectivity index (χ1n) is 8.70. The van der Waals surface area contributed by atoms with Crippen molar-refractivity contribution in [2.45, 2.75) is 76.7 Å². The van der Waals surface area contributed by atoms with Gasteiger partial charge in [0.05, 0.1) is 0 Å². The topological polar surface area (TPSA) is 26.0 Å². The van der Waals surface area contributed by atoms with Gasteiger partial charge in [-0.3, -0.25) is 0 Å². The summed E-state index contributed by atoms with van der Waals surface area (Å²) < 4.78 is 0. The van der Waals surface area contributed by atoms with E-state index in [1.165, 1.54) is 76.2 Å². The highest BCUT2D eigenvalue weighted by atomic mass is 14.6. The minimum Gasteiger partial charge on any atom is -0.324 e. The van der Waals surface area contributed by atoms with E-state index in [0.717, 1.165) is 5.92 Å². The molecule has 1 unspecified atom stereocenters. The molecule has 1 nitrogen and oxygen atoms in total. The first-order valence-corrected chi connectivity index (χ1v) is 8.70. The van der Waals surface area contributed by atoms with Crippen LogP contribution in [0.25, 0.3) is 0 Å². The third-order valence-corrected chi connectivity index (χ3v) is 5.36. The van der Waals surface area contributed by atoms with Crippen molar-refractivity contribution in [1.29, 1.82) is 0 Å². The van der Waals surface area contributed by atoms with Gasteiger partial charge in [0.25, 0.3) is 0 Å². The molecule has 2 aliphatic rings. The summed E-state index contributed by atoms with van der Waals surface area (Å²) in [5.41, 5.74) is 11.0. The molecule has 20 heavy (non-hydrogen) atoms. The molecule has 3 rings (SSSR count). The summed E-state index contributed by atoms with van der Waals surface area (Å²) in [4.78, 5) is 0. The van der Waals surface area contributed by atoms with Gasteiger partial charge < -0.3 is 5.73 Å². The van der Waals surface area contributed by atoms with Gasteiger partial charge in [0, 0.05) is 6.04 Å². The van der Waals surface area contributed by atoms with Gasteiger partial charge in [-0.1, -0.05) is 56.7 Å². The van der Waals surface area contributed by atoms with Crippen LogP contribution in [-0.2, 0) is 12.8 Å². The highest BCUT2D eigenvalue weighted by molar-refractivity contribution is 5.35. The van der Waals surface area contributed by atoms with E-state index in [0.29, 0.717) is 0 Å². The lowest BCUT2D eigenvalue weighted by Gasteiger charge is -2.22. The van der Waals surface area contributed by atoms with E-state index >= 15 is 0 Å². The lowest BCUT2D eigenvalue weighted by molar-refractivity contribution is 0.392. The predicted octanol–water partition coefficient (Wildman–Crippen LogP) is 4.93. The summed E-state index contributed by atoms with van der Waals surface area (Å²) in [5, 5.41) is 0. The van der Waals surface area contributed by atoms with Crippen LogP contribution in [0.1, 0.15) is 80.5 Å². The van der Waals surface area contributed by atoms with Crippen molar-refractivity contribution in [3.63, 3.8) is 0 Å². The number of hydrogen-bond donors (Lipinski definition) is 1. The van der Waals surface area contributed by atoms with E-state index in [1.807, 2.05) is 0 Å². The van der Waals surface area contributed by atoms with Crippen LogP contribution in [0, 0.1) is 5.92 Å². The summed E-state index contributed by atoms with van der Waals surface area (Å²) in [6, 6.07) is 7.31. The average Bonchev–Trinajstić information content (AvgIpc) is 2.75. The molecular weight excluding hydrogens is 242 g/mol. The summed E-state index contributed by atoms with van der Waals surface area (Å²) in [5.74, 6) is 0.864. The lowest BCUT2D eigenvalue weighted by Crippen LogP contribution is -2.16. The number of benzene rings is 1. The van der Waals surface area contributed by atoms with Gasteiger partial charge >= 0.3 is 0 Å². The first kappa shape index (κ1) is 14.1. The maximum atomic E-state index is 6.51. The van der Waals surface area contributed by atoms with Crippen molar-refractivity contribution in [3.8, 4) is 0 Å². The molecule has 1 fully saturated rings. The fourth-order valence-corrected chi connectivity index (χ4v) is 4.08. The highest BCUT2D eigenvalue weighted by Gasteiger charge is 2.18. The second kappa shape index (κ2) is 6.76. The monoisotopic (exact) mass is 271 g/mol. The van der Waals surface area contributed by atoms with Crippen LogP contribution >= 0.6 is 0 Å². The summed E-state index contributed by atoms with van der Waals surface area (Å²) in [6.07, 6.45) is 15.0. The van der Waals surface area contributed by atoms with Crippen molar-refractivity contribution < 1.29 is 0 Å². The van der Waals surface area contributed by atoms with E-state index in [9.17, 15) is 0 Å². The maximum absolute atomic E-state index is 6.51. The molecule has 0 aromatic heterocycles. The van der Waals surface area contributed by atoms with Crippen molar-refractivity contribution >= 4 is 0 Å². The first-order chi connectivity index (χ1) is 9.83. The molecule has 0 spiro atoms. The molecule has 0 aliphatic heterocycles. The van der Waals surface area contributed by atoms with Gasteiger partial charge in [-0.25, -0.2) is 0 Å². The Morgan fingerprint density at radius 3 is 2.35 bits per heavy atom. The van der Waals surface area contributed by atoms with Gasteiger partial charge in [0.15, 0.2) is 0 Å². The van der Waals surface area contributed by atoms with Crippen molar-refractivity contribution in [3.05, 3.63) is 34.9 Å². The number of fused-ring (bicyclic) bond motifs is 1. The highest BCUT2D eigenvalue weighted by Crippen LogP contribution is 2.31. The van der Waals surface area contributed by atoms with Crippen LogP contribution in [0.5, 0.6) is 0 Å². The maximum Gasteiger partial charge on any atom is 0.0297 e. The van der Waals surface area contributed by atoms with E-state index < -0.39 is 0 Å². The van der Waals surface area contributed by atoms with E-state index in [-0.39, 0.29) is 6.04 Å². The Hall–Kier alpha value is -0.820. The normalized spacial score (nSPS) is 22.1. The van der Waals surface area contributed by atoms with Crippen LogP contribution in [0.2, 0.25) is 0 Å². The Labute approximate surface area is 124 Å². The fraction of sp³-hybridized carbons (Fsp3) is 0.684. The lowest BCUT2D eigenvalue weighted by atomic mass is 9.86. The van der Waals surface area contributed by atoms with Crippen LogP contribution < -0.4 is 5.73 Å². The molecule has 1 atom stereocenters. The quantitative estimate of drug-likeness (QED) is 0.775. The molecular formula is C19H29N. The molecule has 1 aromatic rings. The molecule has 0 bridgehead atoms. The zero-order valence-electron chi connectivity index (χ0n) is 12.7. The zero-order chi connectivity index (χ0) is 13.8. The standard InChI is InChI=1S/C19H29N/c20-19(13-15-7-3-1-2-4-8-15)18-12-11-16-9-5-6-10-17(16)14-18/h11-12,14-15,19H,1-10,13,20H2. The van der Waals surface area contributed by atoms with E-state index in [2.05, 4.69) is 18.2 Å². The SMILES string of the molecule is NC(CC1CCCCCC1)c1ccc2c(c1)CCCC2. The Bertz CT molecular complexity index is 429. The molecule has 0 amide bonds. The van der Waals surface area contributed by atoms with Crippen molar-refractivity contribution in [1.82, 2.24) is 0 Å². The molecule has 0 heterocycles. The van der Waals surface area contributed by atoms with Crippen LogP contribution in [0.15, 0.2) is 18.2 Å². The zero-order valence-corrected chi connectivity index (χ0v) is 12.7. The van der Waals surface area contributed by atoms with Gasteiger partial charge in [0.2, 0.25) is 0 Å². The van der Waals surface area contributed by atoms with Gasteiger partial charge in [-0.05, 0) is 54.7 Å². The Morgan fingerprint density at radius 2 is 1.60 bits per heavy atom. The smallest absolute Gasteiger partial charge is 0.0297 e. The summed E-state index contributed by atoms with van der Waals surface area (Å²) >= 11 is 0. The van der Waals surface area contributed by atoms with Crippen molar-refractivity contribution in [2.24, 2.45) is 11.7 Å². The molecule has 0 saturated heterocycles. The minimum absolute atomic E-state index is 0.255. The Morgan fingerprint density at radius 1 is 0.900 bits per heavy atom. The predicted molar refractivity (Wildman–Crippen MR) is 85.8 cm³/mol. The van der Waals surface area contributed by atoms with E-state index in [4.69, 9.17) is 5.73 Å². The summed E-state index contributed by atoms with van der Waals surface area (Å²) in [7, 11) is 0. The molecule has 1 heteroatoms. The summed E-state index contributed by atoms with van der Waals surface area (Å²) in [6.45, 7) is 0. The number of aryl methyl sites for hydroxylation is 2. The van der Waals surface area contributed by atoms with Gasteiger partial charge in [-0.15, -0.1) is 0 Å². The largest absolute Gasteiger partial charge is 0.324 e. The molecule has 1 saturated carbocycles. The third kappa shape index (κ3) is 3.44. The third-order valence-electron chi connectivity index (χ3n) is 5.36. The number of rotatable bonds is 3. The molecule has 110 valence electrons. The van der Waals surface area contributed by atoms with Crippen LogP contribution in [0.3, 0.4) is 0 Å². The second-order valence-corrected chi connectivity index (χ2v) is 6.94. The van der Waals surface area contributed by atoms with E-state index in [1.54, 1.807) is 11.1 Å². The second-order valence-electron chi connectivity index (χ2n) is 6.94. The fourth-order valence-electron chi connectivity index (χ4n) is 4.08. The number of hydrogen-bond acceptors (Lipinski definition) is 1. The number of nitrogens with two attached hydrogens (primary N) is 1. The Kier molecular flexibility index (Phi) is 4.77. The molecule has 2 N–H and O–H groups in total. The van der Waals surface area contributed by atoms with Gasteiger partial charge in [-0.2, -0.15) is 0 Å². The van der Waals surface area contributed by atoms with Crippen LogP contribution in [0.4, 0.5) is 0 Å². The molecule has 2 aliphatic carbocycles. The van der Waals surface area contributed by atoms with Gasteiger partial charge in [0.1, 0.15) is 0 Å². The Balaban J connectivity index is 1.65.